The van der Waals surface area contributed by atoms with Crippen molar-refractivity contribution in [3.8, 4) is 6.07 Å². The van der Waals surface area contributed by atoms with E-state index in [4.69, 9.17) is 4.74 Å². The molecule has 1 saturated heterocycles. The number of rotatable bonds is 9. The average molecular weight is 418 g/mol. The van der Waals surface area contributed by atoms with Gasteiger partial charge in [-0.05, 0) is 36.6 Å². The minimum atomic E-state index is -1.34. The highest BCUT2D eigenvalue weighted by Crippen LogP contribution is 2.18. The second-order valence-corrected chi connectivity index (χ2v) is 7.38. The molecular formula is C22H31N3O5. The topological polar surface area (TPSA) is 126 Å². The number of nitrogens with one attached hydrogen (secondary N) is 1. The Kier molecular flexibility index (Phi) is 9.27. The largest absolute Gasteiger partial charge is 0.388 e. The maximum atomic E-state index is 12.4. The number of nitriles is 1. The standard InChI is InChI=1S/C22H31N3O5/c1-3-9-25(10-4-2)17-7-5-15(6-8-17)11-16(12-23)22(29)24-13-19-21(28)20(27)18(26)14-30-19/h5-8,11,18-21,26-28H,3-4,9-10,13-14H2,1-2H3,(H,24,29)/b16-11+/t18-,19+,20+,21+/m0/s1. The molecule has 0 unspecified atom stereocenters. The minimum Gasteiger partial charge on any atom is -0.388 e. The summed E-state index contributed by atoms with van der Waals surface area (Å²) >= 11 is 0. The Hall–Kier alpha value is -2.44. The van der Waals surface area contributed by atoms with Gasteiger partial charge in [-0.15, -0.1) is 0 Å². The fourth-order valence-electron chi connectivity index (χ4n) is 3.34. The van der Waals surface area contributed by atoms with Crippen LogP contribution in [-0.2, 0) is 9.53 Å². The summed E-state index contributed by atoms with van der Waals surface area (Å²) in [4.78, 5) is 14.7. The van der Waals surface area contributed by atoms with Crippen LogP contribution >= 0.6 is 0 Å². The Morgan fingerprint density at radius 1 is 1.20 bits per heavy atom. The summed E-state index contributed by atoms with van der Waals surface area (Å²) in [5, 5.41) is 41.0. The normalized spacial score (nSPS) is 24.2. The highest BCUT2D eigenvalue weighted by Gasteiger charge is 2.37. The highest BCUT2D eigenvalue weighted by molar-refractivity contribution is 6.01. The van der Waals surface area contributed by atoms with Gasteiger partial charge in [-0.25, -0.2) is 0 Å². The monoisotopic (exact) mass is 417 g/mol. The van der Waals surface area contributed by atoms with Crippen molar-refractivity contribution in [2.75, 3.05) is 31.1 Å². The second kappa shape index (κ2) is 11.7. The van der Waals surface area contributed by atoms with Crippen LogP contribution in [0.2, 0.25) is 0 Å². The smallest absolute Gasteiger partial charge is 0.262 e. The Morgan fingerprint density at radius 2 is 1.83 bits per heavy atom. The lowest BCUT2D eigenvalue weighted by Crippen LogP contribution is -2.56. The zero-order valence-electron chi connectivity index (χ0n) is 17.5. The van der Waals surface area contributed by atoms with E-state index in [1.165, 1.54) is 6.08 Å². The third-order valence-corrected chi connectivity index (χ3v) is 4.99. The molecule has 8 nitrogen and oxygen atoms in total. The number of anilines is 1. The Morgan fingerprint density at radius 3 is 2.40 bits per heavy atom. The van der Waals surface area contributed by atoms with Gasteiger partial charge in [0.1, 0.15) is 36.1 Å². The van der Waals surface area contributed by atoms with E-state index in [0.29, 0.717) is 0 Å². The summed E-state index contributed by atoms with van der Waals surface area (Å²) in [6.07, 6.45) is -1.11. The second-order valence-electron chi connectivity index (χ2n) is 7.38. The van der Waals surface area contributed by atoms with Crippen LogP contribution in [0.4, 0.5) is 5.69 Å². The summed E-state index contributed by atoms with van der Waals surface area (Å²) in [5.41, 5.74) is 1.75. The molecule has 0 aromatic heterocycles. The Labute approximate surface area is 177 Å². The summed E-state index contributed by atoms with van der Waals surface area (Å²) < 4.78 is 5.25. The van der Waals surface area contributed by atoms with Crippen molar-refractivity contribution >= 4 is 17.7 Å². The number of ether oxygens (including phenoxy) is 1. The van der Waals surface area contributed by atoms with E-state index in [9.17, 15) is 25.4 Å². The van der Waals surface area contributed by atoms with Gasteiger partial charge in [0.25, 0.3) is 5.91 Å². The Bertz CT molecular complexity index is 753. The molecule has 1 aliphatic rings. The lowest BCUT2D eigenvalue weighted by atomic mass is 10.00. The van der Waals surface area contributed by atoms with Crippen molar-refractivity contribution in [3.05, 3.63) is 35.4 Å². The number of carbonyl (C=O) groups is 1. The molecular weight excluding hydrogens is 386 g/mol. The molecule has 0 aliphatic carbocycles. The average Bonchev–Trinajstić information content (AvgIpc) is 2.75. The molecule has 4 atom stereocenters. The van der Waals surface area contributed by atoms with Crippen LogP contribution in [0.15, 0.2) is 29.8 Å². The van der Waals surface area contributed by atoms with Crippen LogP contribution in [0, 0.1) is 11.3 Å². The number of amides is 1. The van der Waals surface area contributed by atoms with Gasteiger partial charge < -0.3 is 30.3 Å². The molecule has 1 aliphatic heterocycles. The molecule has 30 heavy (non-hydrogen) atoms. The first-order chi connectivity index (χ1) is 14.4. The van der Waals surface area contributed by atoms with Gasteiger partial charge in [-0.2, -0.15) is 5.26 Å². The maximum Gasteiger partial charge on any atom is 0.262 e. The molecule has 0 bridgehead atoms. The van der Waals surface area contributed by atoms with Crippen LogP contribution in [0.1, 0.15) is 32.3 Å². The van der Waals surface area contributed by atoms with E-state index in [1.807, 2.05) is 30.3 Å². The first kappa shape index (κ1) is 23.8. The van der Waals surface area contributed by atoms with Crippen molar-refractivity contribution < 1.29 is 24.9 Å². The van der Waals surface area contributed by atoms with Gasteiger partial charge in [0, 0.05) is 25.3 Å². The van der Waals surface area contributed by atoms with Crippen LogP contribution < -0.4 is 10.2 Å². The first-order valence-corrected chi connectivity index (χ1v) is 10.3. The van der Waals surface area contributed by atoms with Crippen LogP contribution in [-0.4, -0.2) is 71.9 Å². The predicted octanol–water partition coefficient (Wildman–Crippen LogP) is 0.818. The number of hydrogen-bond acceptors (Lipinski definition) is 7. The van der Waals surface area contributed by atoms with Crippen molar-refractivity contribution in [2.45, 2.75) is 51.1 Å². The van der Waals surface area contributed by atoms with Crippen molar-refractivity contribution in [2.24, 2.45) is 0 Å². The van der Waals surface area contributed by atoms with E-state index < -0.39 is 30.3 Å². The number of benzene rings is 1. The summed E-state index contributed by atoms with van der Waals surface area (Å²) in [6.45, 7) is 5.98. The van der Waals surface area contributed by atoms with Gasteiger partial charge in [-0.3, -0.25) is 4.79 Å². The van der Waals surface area contributed by atoms with E-state index in [0.717, 1.165) is 37.2 Å². The fourth-order valence-corrected chi connectivity index (χ4v) is 3.34. The number of aliphatic hydroxyl groups is 3. The Balaban J connectivity index is 2.00. The molecule has 0 spiro atoms. The van der Waals surface area contributed by atoms with Gasteiger partial charge in [0.05, 0.1) is 6.61 Å². The SMILES string of the molecule is CCCN(CCC)c1ccc(/C=C(\C#N)C(=O)NC[C@H]2OC[C@H](O)[C@@H](O)[C@@H]2O)cc1. The number of aliphatic hydroxyl groups excluding tert-OH is 3. The molecule has 1 heterocycles. The predicted molar refractivity (Wildman–Crippen MR) is 114 cm³/mol. The van der Waals surface area contributed by atoms with Crippen LogP contribution in [0.3, 0.4) is 0 Å². The molecule has 164 valence electrons. The van der Waals surface area contributed by atoms with E-state index >= 15 is 0 Å². The molecule has 1 amide bonds. The first-order valence-electron chi connectivity index (χ1n) is 10.3. The third kappa shape index (κ3) is 6.28. The zero-order chi connectivity index (χ0) is 22.1. The number of nitrogens with zero attached hydrogens (tertiary/aromatic N) is 2. The highest BCUT2D eigenvalue weighted by atomic mass is 16.5. The van der Waals surface area contributed by atoms with Crippen molar-refractivity contribution in [1.82, 2.24) is 5.32 Å². The van der Waals surface area contributed by atoms with Crippen molar-refractivity contribution in [1.29, 1.82) is 5.26 Å². The lowest BCUT2D eigenvalue weighted by molar-refractivity contribution is -0.185. The fraction of sp³-hybridized carbons (Fsp3) is 0.545. The number of hydrogen-bond donors (Lipinski definition) is 4. The molecule has 1 fully saturated rings. The van der Waals surface area contributed by atoms with Crippen LogP contribution in [0.5, 0.6) is 0 Å². The quantitative estimate of drug-likeness (QED) is 0.346. The molecule has 8 heteroatoms. The molecule has 2 rings (SSSR count). The van der Waals surface area contributed by atoms with E-state index in [1.54, 1.807) is 0 Å². The molecule has 4 N–H and O–H groups in total. The van der Waals surface area contributed by atoms with E-state index in [-0.39, 0.29) is 18.7 Å². The minimum absolute atomic E-state index is 0.0763. The summed E-state index contributed by atoms with van der Waals surface area (Å²) in [6, 6.07) is 9.57. The van der Waals surface area contributed by atoms with Gasteiger partial charge in [0.2, 0.25) is 0 Å². The summed E-state index contributed by atoms with van der Waals surface area (Å²) in [7, 11) is 0. The maximum absolute atomic E-state index is 12.4. The third-order valence-electron chi connectivity index (χ3n) is 4.99. The van der Waals surface area contributed by atoms with Crippen molar-refractivity contribution in [3.63, 3.8) is 0 Å². The zero-order valence-corrected chi connectivity index (χ0v) is 17.5. The molecule has 0 saturated carbocycles. The van der Waals surface area contributed by atoms with Crippen LogP contribution in [0.25, 0.3) is 6.08 Å². The molecule has 0 radical (unpaired) electrons. The van der Waals surface area contributed by atoms with Gasteiger partial charge in [-0.1, -0.05) is 26.0 Å². The van der Waals surface area contributed by atoms with Gasteiger partial charge in [0.15, 0.2) is 0 Å². The molecule has 1 aromatic rings. The summed E-state index contributed by atoms with van der Waals surface area (Å²) in [5.74, 6) is -0.600. The van der Waals surface area contributed by atoms with Gasteiger partial charge >= 0.3 is 0 Å². The lowest BCUT2D eigenvalue weighted by Gasteiger charge is -2.35. The van der Waals surface area contributed by atoms with E-state index in [2.05, 4.69) is 24.1 Å². The number of carbonyl (C=O) groups excluding carboxylic acids is 1. The molecule has 1 aromatic carbocycles.